The van der Waals surface area contributed by atoms with Crippen LogP contribution in [0.2, 0.25) is 0 Å². The van der Waals surface area contributed by atoms with E-state index < -0.39 is 0 Å². The minimum atomic E-state index is -0.169. The van der Waals surface area contributed by atoms with Crippen molar-refractivity contribution in [2.75, 3.05) is 4.90 Å². The second-order valence-corrected chi connectivity index (χ2v) is 8.00. The average molecular weight is 432 g/mol. The maximum absolute atomic E-state index is 13.2. The third-order valence-corrected chi connectivity index (χ3v) is 5.46. The number of aryl methyl sites for hydroxylation is 1. The molecule has 0 unspecified atom stereocenters. The number of hydrogen-bond donors (Lipinski definition) is 0. The molecule has 1 aliphatic heterocycles. The number of benzene rings is 2. The Morgan fingerprint density at radius 2 is 1.70 bits per heavy atom. The zero-order valence-electron chi connectivity index (χ0n) is 16.2. The number of nitrogens with zero attached hydrogens (tertiary/aromatic N) is 3. The van der Waals surface area contributed by atoms with E-state index in [4.69, 9.17) is 11.6 Å². The van der Waals surface area contributed by atoms with Crippen molar-refractivity contribution in [3.63, 3.8) is 0 Å². The molecule has 148 valence electrons. The molecular weight excluding hydrogens is 414 g/mol. The van der Waals surface area contributed by atoms with Crippen molar-refractivity contribution in [2.24, 2.45) is 4.99 Å². The highest BCUT2D eigenvalue weighted by molar-refractivity contribution is 8.19. The summed E-state index contributed by atoms with van der Waals surface area (Å²) in [5, 5.41) is 1.01. The highest BCUT2D eigenvalue weighted by Crippen LogP contribution is 2.37. The van der Waals surface area contributed by atoms with Gasteiger partial charge in [-0.2, -0.15) is 0 Å². The number of hydrogen-bond acceptors (Lipinski definition) is 4. The summed E-state index contributed by atoms with van der Waals surface area (Å²) in [6, 6.07) is 24.8. The summed E-state index contributed by atoms with van der Waals surface area (Å²) >= 11 is 7.72. The number of amidine groups is 1. The monoisotopic (exact) mass is 431 g/mol. The molecular formula is C24H18ClN3OS. The first-order valence-electron chi connectivity index (χ1n) is 9.34. The van der Waals surface area contributed by atoms with Gasteiger partial charge in [-0.1, -0.05) is 66.2 Å². The molecule has 0 spiro atoms. The molecule has 1 aromatic heterocycles. The molecule has 0 radical (unpaired) electrons. The quantitative estimate of drug-likeness (QED) is 0.454. The van der Waals surface area contributed by atoms with Gasteiger partial charge in [0.1, 0.15) is 0 Å². The fourth-order valence-corrected chi connectivity index (χ4v) is 4.20. The summed E-state index contributed by atoms with van der Waals surface area (Å²) in [4.78, 5) is 24.4. The predicted octanol–water partition coefficient (Wildman–Crippen LogP) is 6.32. The second kappa shape index (κ2) is 9.11. The lowest BCUT2D eigenvalue weighted by Crippen LogP contribution is -2.28. The second-order valence-electron chi connectivity index (χ2n) is 6.56. The van der Waals surface area contributed by atoms with Gasteiger partial charge in [-0.15, -0.1) is 0 Å². The summed E-state index contributed by atoms with van der Waals surface area (Å²) in [6.07, 6.45) is 3.51. The van der Waals surface area contributed by atoms with E-state index in [1.54, 1.807) is 11.0 Å². The van der Waals surface area contributed by atoms with E-state index in [1.165, 1.54) is 11.8 Å². The summed E-state index contributed by atoms with van der Waals surface area (Å²) in [6.45, 7) is 1.91. The molecule has 0 bridgehead atoms. The Hall–Kier alpha value is -3.15. The Balaban J connectivity index is 1.72. The number of allylic oxidation sites excluding steroid dienone is 2. The Morgan fingerprint density at radius 3 is 2.40 bits per heavy atom. The molecule has 3 aromatic rings. The molecule has 0 N–H and O–H groups in total. The zero-order chi connectivity index (χ0) is 20.9. The first-order valence-corrected chi connectivity index (χ1v) is 10.5. The highest BCUT2D eigenvalue weighted by atomic mass is 35.5. The van der Waals surface area contributed by atoms with Gasteiger partial charge in [0.05, 0.1) is 10.6 Å². The Bertz CT molecular complexity index is 1160. The minimum Gasteiger partial charge on any atom is -0.268 e. The fourth-order valence-electron chi connectivity index (χ4n) is 2.92. The summed E-state index contributed by atoms with van der Waals surface area (Å²) in [5.41, 5.74) is 2.57. The Kier molecular flexibility index (Phi) is 6.12. The molecule has 0 atom stereocenters. The maximum Gasteiger partial charge on any atom is 0.271 e. The van der Waals surface area contributed by atoms with Crippen molar-refractivity contribution < 1.29 is 4.79 Å². The number of carbonyl (C=O) groups excluding carboxylic acids is 1. The minimum absolute atomic E-state index is 0.169. The summed E-state index contributed by atoms with van der Waals surface area (Å²) in [5.74, 6) is 0.385. The fraction of sp³-hybridized carbons (Fsp3) is 0.0417. The summed E-state index contributed by atoms with van der Waals surface area (Å²) in [7, 11) is 0. The molecule has 1 fully saturated rings. The average Bonchev–Trinajstić information content (AvgIpc) is 3.04. The van der Waals surface area contributed by atoms with Gasteiger partial charge in [-0.3, -0.25) is 9.69 Å². The standard InChI is InChI=1S/C24H18ClN3OS/c1-17-9-8-14-22(26-17)27-24-28(20-12-6-3-7-13-20)23(29)21(30-24)16-19(25)15-18-10-4-2-5-11-18/h2-16H,1H3/b19-15-,21-16-,27-24+. The molecule has 1 saturated heterocycles. The molecule has 0 saturated carbocycles. The van der Waals surface area contributed by atoms with Crippen molar-refractivity contribution in [1.29, 1.82) is 0 Å². The van der Waals surface area contributed by atoms with Crippen LogP contribution in [0.5, 0.6) is 0 Å². The van der Waals surface area contributed by atoms with E-state index in [0.29, 0.717) is 20.9 Å². The summed E-state index contributed by atoms with van der Waals surface area (Å²) < 4.78 is 0. The first kappa shape index (κ1) is 20.1. The molecule has 1 amide bonds. The van der Waals surface area contributed by atoms with E-state index in [1.807, 2.05) is 91.9 Å². The molecule has 4 nitrogen and oxygen atoms in total. The maximum atomic E-state index is 13.2. The Labute approximate surface area is 184 Å². The van der Waals surface area contributed by atoms with Crippen molar-refractivity contribution in [3.8, 4) is 0 Å². The van der Waals surface area contributed by atoms with Gasteiger partial charge in [-0.25, -0.2) is 9.98 Å². The van der Waals surface area contributed by atoms with Crippen molar-refractivity contribution in [2.45, 2.75) is 6.92 Å². The molecule has 1 aliphatic rings. The molecule has 30 heavy (non-hydrogen) atoms. The van der Waals surface area contributed by atoms with Crippen LogP contribution in [-0.2, 0) is 4.79 Å². The third-order valence-electron chi connectivity index (χ3n) is 4.28. The van der Waals surface area contributed by atoms with Crippen LogP contribution in [0.4, 0.5) is 11.5 Å². The number of pyridine rings is 1. The smallest absolute Gasteiger partial charge is 0.268 e. The van der Waals surface area contributed by atoms with Crippen molar-refractivity contribution in [3.05, 3.63) is 106 Å². The van der Waals surface area contributed by atoms with E-state index in [0.717, 1.165) is 16.9 Å². The lowest BCUT2D eigenvalue weighted by atomic mass is 10.2. The number of anilines is 1. The lowest BCUT2D eigenvalue weighted by molar-refractivity contribution is -0.113. The normalized spacial score (nSPS) is 17.2. The van der Waals surface area contributed by atoms with Crippen LogP contribution in [0.15, 0.2) is 99.9 Å². The van der Waals surface area contributed by atoms with E-state index in [2.05, 4.69) is 9.98 Å². The molecule has 2 aromatic carbocycles. The number of carbonyl (C=O) groups is 1. The van der Waals surface area contributed by atoms with E-state index >= 15 is 0 Å². The number of halogens is 1. The number of amides is 1. The molecule has 6 heteroatoms. The third kappa shape index (κ3) is 4.70. The predicted molar refractivity (Wildman–Crippen MR) is 126 cm³/mol. The van der Waals surface area contributed by atoms with Gasteiger partial charge in [0.15, 0.2) is 11.0 Å². The Morgan fingerprint density at radius 1 is 1.00 bits per heavy atom. The number of aromatic nitrogens is 1. The number of rotatable bonds is 4. The van der Waals surface area contributed by atoms with Gasteiger partial charge in [0.2, 0.25) is 0 Å². The highest BCUT2D eigenvalue weighted by Gasteiger charge is 2.34. The van der Waals surface area contributed by atoms with Crippen LogP contribution >= 0.6 is 23.4 Å². The molecule has 0 aliphatic carbocycles. The zero-order valence-corrected chi connectivity index (χ0v) is 17.8. The topological polar surface area (TPSA) is 45.6 Å². The van der Waals surface area contributed by atoms with Crippen LogP contribution in [0.25, 0.3) is 6.08 Å². The SMILES string of the molecule is Cc1cccc(/N=C2/S/C(=C\C(Cl)=C\c3ccccc3)C(=O)N2c2ccccc2)n1. The lowest BCUT2D eigenvalue weighted by Gasteiger charge is -2.15. The van der Waals surface area contributed by atoms with Gasteiger partial charge in [0, 0.05) is 10.7 Å². The molecule has 2 heterocycles. The largest absolute Gasteiger partial charge is 0.271 e. The van der Waals surface area contributed by atoms with Crippen molar-refractivity contribution in [1.82, 2.24) is 4.98 Å². The number of para-hydroxylation sites is 1. The van der Waals surface area contributed by atoms with E-state index in [-0.39, 0.29) is 5.91 Å². The number of aliphatic imine (C=N–C) groups is 1. The van der Waals surface area contributed by atoms with E-state index in [9.17, 15) is 4.79 Å². The van der Waals surface area contributed by atoms with Gasteiger partial charge >= 0.3 is 0 Å². The number of thioether (sulfide) groups is 1. The van der Waals surface area contributed by atoms with Crippen LogP contribution in [0.3, 0.4) is 0 Å². The van der Waals surface area contributed by atoms with Gasteiger partial charge < -0.3 is 0 Å². The van der Waals surface area contributed by atoms with Gasteiger partial charge in [-0.05, 0) is 60.7 Å². The van der Waals surface area contributed by atoms with Crippen LogP contribution in [0, 0.1) is 6.92 Å². The molecule has 4 rings (SSSR count). The van der Waals surface area contributed by atoms with Gasteiger partial charge in [0.25, 0.3) is 5.91 Å². The van der Waals surface area contributed by atoms with Crippen LogP contribution in [-0.4, -0.2) is 16.1 Å². The van der Waals surface area contributed by atoms with Crippen LogP contribution in [0.1, 0.15) is 11.3 Å². The first-order chi connectivity index (χ1) is 14.6. The van der Waals surface area contributed by atoms with Crippen LogP contribution < -0.4 is 4.90 Å². The van der Waals surface area contributed by atoms with Crippen molar-refractivity contribution >= 4 is 52.0 Å².